The highest BCUT2D eigenvalue weighted by molar-refractivity contribution is 9.11. The summed E-state index contributed by atoms with van der Waals surface area (Å²) in [5.74, 6) is 0.412. The first-order valence-corrected chi connectivity index (χ1v) is 7.14. The Morgan fingerprint density at radius 1 is 1.40 bits per heavy atom. The number of halogens is 2. The minimum absolute atomic E-state index is 0.0417. The normalized spacial score (nSPS) is 10.9. The number of carbonyl (C=O) groups is 1. The second-order valence-corrected chi connectivity index (χ2v) is 5.70. The highest BCUT2D eigenvalue weighted by atomic mass is 79.9. The summed E-state index contributed by atoms with van der Waals surface area (Å²) in [7, 11) is 0. The maximum absolute atomic E-state index is 11.7. The molecule has 0 saturated heterocycles. The minimum Gasteiger partial charge on any atom is -0.506 e. The molecule has 1 amide bonds. The average molecular weight is 402 g/mol. The Labute approximate surface area is 131 Å². The Morgan fingerprint density at radius 3 is 2.80 bits per heavy atom. The number of aromatic hydroxyl groups is 1. The van der Waals surface area contributed by atoms with Crippen molar-refractivity contribution in [2.75, 3.05) is 0 Å². The van der Waals surface area contributed by atoms with Gasteiger partial charge >= 0.3 is 5.91 Å². The van der Waals surface area contributed by atoms with Gasteiger partial charge in [-0.1, -0.05) is 15.9 Å². The van der Waals surface area contributed by atoms with E-state index in [-0.39, 0.29) is 11.5 Å². The van der Waals surface area contributed by atoms with Crippen LogP contribution in [0.3, 0.4) is 0 Å². The fourth-order valence-corrected chi connectivity index (χ4v) is 2.71. The molecule has 1 aromatic carbocycles. The average Bonchev–Trinajstić information content (AvgIpc) is 2.81. The first-order chi connectivity index (χ1) is 9.47. The minimum atomic E-state index is -0.456. The molecular weight excluding hydrogens is 392 g/mol. The van der Waals surface area contributed by atoms with Crippen LogP contribution < -0.4 is 5.43 Å². The molecule has 0 aliphatic rings. The van der Waals surface area contributed by atoms with Crippen LogP contribution in [0.5, 0.6) is 5.75 Å². The molecule has 0 saturated carbocycles. The van der Waals surface area contributed by atoms with Gasteiger partial charge < -0.3 is 9.52 Å². The van der Waals surface area contributed by atoms with Crippen molar-refractivity contribution in [3.63, 3.8) is 0 Å². The van der Waals surface area contributed by atoms with Crippen LogP contribution in [0.25, 0.3) is 0 Å². The molecule has 2 aromatic rings. The Balaban J connectivity index is 2.09. The number of benzene rings is 1. The summed E-state index contributed by atoms with van der Waals surface area (Å²) in [6, 6.07) is 6.63. The number of amides is 1. The number of carbonyl (C=O) groups excluding carboxylic acids is 1. The quantitative estimate of drug-likeness (QED) is 0.609. The lowest BCUT2D eigenvalue weighted by Crippen LogP contribution is -2.16. The lowest BCUT2D eigenvalue weighted by atomic mass is 10.2. The fraction of sp³-hybridized carbons (Fsp3) is 0.0769. The molecule has 1 heterocycles. The van der Waals surface area contributed by atoms with Crippen molar-refractivity contribution < 1.29 is 14.3 Å². The zero-order chi connectivity index (χ0) is 14.7. The summed E-state index contributed by atoms with van der Waals surface area (Å²) in [5.41, 5.74) is 2.78. The van der Waals surface area contributed by atoms with Crippen molar-refractivity contribution in [3.8, 4) is 5.75 Å². The number of phenols is 1. The maximum atomic E-state index is 11.7. The van der Waals surface area contributed by atoms with Crippen LogP contribution in [0.15, 0.2) is 42.7 Å². The van der Waals surface area contributed by atoms with Crippen molar-refractivity contribution >= 4 is 44.0 Å². The molecule has 0 bridgehead atoms. The first-order valence-electron chi connectivity index (χ1n) is 5.55. The number of nitrogens with one attached hydrogen (secondary N) is 1. The smallest absolute Gasteiger partial charge is 0.307 e. The molecule has 0 radical (unpaired) electrons. The second-order valence-electron chi connectivity index (χ2n) is 3.93. The number of furan rings is 1. The van der Waals surface area contributed by atoms with E-state index in [1.165, 1.54) is 6.21 Å². The van der Waals surface area contributed by atoms with Crippen molar-refractivity contribution in [2.45, 2.75) is 6.92 Å². The molecular formula is C13H10Br2N2O3. The summed E-state index contributed by atoms with van der Waals surface area (Å²) >= 11 is 6.52. The van der Waals surface area contributed by atoms with Gasteiger partial charge in [-0.15, -0.1) is 0 Å². The monoisotopic (exact) mass is 400 g/mol. The lowest BCUT2D eigenvalue weighted by molar-refractivity contribution is 0.0926. The third-order valence-electron chi connectivity index (χ3n) is 2.39. The van der Waals surface area contributed by atoms with Gasteiger partial charge in [0.2, 0.25) is 0 Å². The second kappa shape index (κ2) is 6.23. The molecule has 0 unspecified atom stereocenters. The van der Waals surface area contributed by atoms with Crippen LogP contribution >= 0.6 is 31.9 Å². The van der Waals surface area contributed by atoms with Crippen molar-refractivity contribution in [3.05, 3.63) is 50.3 Å². The van der Waals surface area contributed by atoms with Crippen LogP contribution in [-0.4, -0.2) is 17.2 Å². The largest absolute Gasteiger partial charge is 0.506 e. The standard InChI is InChI=1S/C13H10Br2N2O3/c1-7-2-3-11(20-7)13(19)17-16-6-8-4-9(14)5-10(15)12(8)18/h2-6,18H,1H3,(H,17,19)/b16-6-. The van der Waals surface area contributed by atoms with Gasteiger partial charge in [-0.2, -0.15) is 5.10 Å². The van der Waals surface area contributed by atoms with Gasteiger partial charge in [-0.3, -0.25) is 4.79 Å². The SMILES string of the molecule is Cc1ccc(C(=O)N/N=C\c2cc(Br)cc(Br)c2O)o1. The van der Waals surface area contributed by atoms with Crippen LogP contribution in [0, 0.1) is 6.92 Å². The topological polar surface area (TPSA) is 74.8 Å². The Kier molecular flexibility index (Phi) is 4.61. The Hall–Kier alpha value is -1.60. The van der Waals surface area contributed by atoms with Gasteiger partial charge in [0.15, 0.2) is 5.76 Å². The highest BCUT2D eigenvalue weighted by Gasteiger charge is 2.09. The van der Waals surface area contributed by atoms with Gasteiger partial charge in [0.05, 0.1) is 10.7 Å². The predicted molar refractivity (Wildman–Crippen MR) is 82.0 cm³/mol. The summed E-state index contributed by atoms with van der Waals surface area (Å²) in [5, 5.41) is 13.6. The molecule has 20 heavy (non-hydrogen) atoms. The van der Waals surface area contributed by atoms with E-state index in [1.807, 2.05) is 0 Å². The zero-order valence-electron chi connectivity index (χ0n) is 10.4. The van der Waals surface area contributed by atoms with Crippen molar-refractivity contribution in [2.24, 2.45) is 5.10 Å². The van der Waals surface area contributed by atoms with E-state index in [0.717, 1.165) is 4.47 Å². The Bertz CT molecular complexity index is 680. The van der Waals surface area contributed by atoms with Gasteiger partial charge in [-0.05, 0) is 47.1 Å². The highest BCUT2D eigenvalue weighted by Crippen LogP contribution is 2.30. The molecule has 104 valence electrons. The number of hydrogen-bond donors (Lipinski definition) is 2. The van der Waals surface area contributed by atoms with Crippen LogP contribution in [0.1, 0.15) is 21.9 Å². The van der Waals surface area contributed by atoms with Crippen LogP contribution in [-0.2, 0) is 0 Å². The summed E-state index contributed by atoms with van der Waals surface area (Å²) < 4.78 is 6.46. The first kappa shape index (κ1) is 14.8. The number of phenolic OH excluding ortho intramolecular Hbond substituents is 1. The van der Waals surface area contributed by atoms with E-state index in [2.05, 4.69) is 42.4 Å². The van der Waals surface area contributed by atoms with E-state index in [1.54, 1.807) is 31.2 Å². The molecule has 0 spiro atoms. The summed E-state index contributed by atoms with van der Waals surface area (Å²) in [6.45, 7) is 1.75. The van der Waals surface area contributed by atoms with Crippen LogP contribution in [0.2, 0.25) is 0 Å². The maximum Gasteiger partial charge on any atom is 0.307 e. The van der Waals surface area contributed by atoms with Gasteiger partial charge in [0.1, 0.15) is 11.5 Å². The third-order valence-corrected chi connectivity index (χ3v) is 3.45. The summed E-state index contributed by atoms with van der Waals surface area (Å²) in [6.07, 6.45) is 1.35. The summed E-state index contributed by atoms with van der Waals surface area (Å²) in [4.78, 5) is 11.7. The number of hydrogen-bond acceptors (Lipinski definition) is 4. The van der Waals surface area contributed by atoms with Gasteiger partial charge in [0, 0.05) is 10.0 Å². The molecule has 7 heteroatoms. The lowest BCUT2D eigenvalue weighted by Gasteiger charge is -2.02. The van der Waals surface area contributed by atoms with E-state index in [9.17, 15) is 9.90 Å². The van der Waals surface area contributed by atoms with Crippen molar-refractivity contribution in [1.29, 1.82) is 0 Å². The van der Waals surface area contributed by atoms with E-state index in [4.69, 9.17) is 4.42 Å². The van der Waals surface area contributed by atoms with Gasteiger partial charge in [0.25, 0.3) is 0 Å². The number of nitrogens with zero attached hydrogens (tertiary/aromatic N) is 1. The van der Waals surface area contributed by atoms with Gasteiger partial charge in [-0.25, -0.2) is 5.43 Å². The number of hydrazone groups is 1. The molecule has 0 aliphatic carbocycles. The molecule has 5 nitrogen and oxygen atoms in total. The molecule has 2 rings (SSSR count). The molecule has 0 fully saturated rings. The van der Waals surface area contributed by atoms with Crippen molar-refractivity contribution in [1.82, 2.24) is 5.43 Å². The molecule has 0 atom stereocenters. The Morgan fingerprint density at radius 2 is 2.15 bits per heavy atom. The number of aryl methyl sites for hydroxylation is 1. The van der Waals surface area contributed by atoms with Crippen LogP contribution in [0.4, 0.5) is 0 Å². The molecule has 1 aromatic heterocycles. The van der Waals surface area contributed by atoms with E-state index in [0.29, 0.717) is 15.8 Å². The zero-order valence-corrected chi connectivity index (χ0v) is 13.5. The fourth-order valence-electron chi connectivity index (χ4n) is 1.46. The number of rotatable bonds is 3. The third kappa shape index (κ3) is 3.49. The molecule has 2 N–H and O–H groups in total. The van der Waals surface area contributed by atoms with E-state index >= 15 is 0 Å². The van der Waals surface area contributed by atoms with E-state index < -0.39 is 5.91 Å². The predicted octanol–water partition coefficient (Wildman–Crippen LogP) is 3.58. The molecule has 0 aliphatic heterocycles.